The van der Waals surface area contributed by atoms with Crippen molar-refractivity contribution in [1.29, 1.82) is 0 Å². The third-order valence-corrected chi connectivity index (χ3v) is 11.4. The number of unbranched alkanes of at least 4 members (excludes halogenated alkanes) is 2. The molecule has 236 valence electrons. The zero-order valence-corrected chi connectivity index (χ0v) is 27.1. The lowest BCUT2D eigenvalue weighted by Gasteiger charge is -2.37. The number of benzene rings is 1. The molecule has 0 aliphatic carbocycles. The highest BCUT2D eigenvalue weighted by Gasteiger charge is 2.74. The fraction of sp³-hybridized carbons (Fsp3) is 0.618. The summed E-state index contributed by atoms with van der Waals surface area (Å²) in [4.78, 5) is 50.8. The van der Waals surface area contributed by atoms with Crippen LogP contribution in [0.2, 0.25) is 0 Å². The largest absolute Gasteiger partial charge is 0.396 e. The van der Waals surface area contributed by atoms with E-state index in [0.717, 1.165) is 50.1 Å². The van der Waals surface area contributed by atoms with Crippen molar-refractivity contribution in [2.75, 3.05) is 55.7 Å². The van der Waals surface area contributed by atoms with Gasteiger partial charge >= 0.3 is 0 Å². The van der Waals surface area contributed by atoms with E-state index in [-0.39, 0.29) is 29.6 Å². The molecule has 5 atom stereocenters. The molecule has 3 aliphatic rings. The molecule has 2 bridgehead atoms. The van der Waals surface area contributed by atoms with Gasteiger partial charge in [-0.3, -0.25) is 14.4 Å². The van der Waals surface area contributed by atoms with E-state index >= 15 is 0 Å². The summed E-state index contributed by atoms with van der Waals surface area (Å²) in [5.74, 6) is -1.11. The molecule has 1 N–H and O–H groups in total. The second-order valence-electron chi connectivity index (χ2n) is 11.9. The van der Waals surface area contributed by atoms with Gasteiger partial charge in [0.05, 0.1) is 16.6 Å². The van der Waals surface area contributed by atoms with E-state index in [1.807, 2.05) is 36.1 Å². The van der Waals surface area contributed by atoms with Crippen molar-refractivity contribution in [1.82, 2.24) is 9.80 Å². The molecule has 3 amide bonds. The van der Waals surface area contributed by atoms with Crippen LogP contribution >= 0.6 is 11.8 Å². The maximum Gasteiger partial charge on any atom is 0.251 e. The molecule has 1 aromatic rings. The first kappa shape index (κ1) is 33.1. The van der Waals surface area contributed by atoms with Crippen molar-refractivity contribution in [2.45, 2.75) is 75.3 Å². The number of carbonyl (C=O) groups is 3. The van der Waals surface area contributed by atoms with Crippen LogP contribution in [0.15, 0.2) is 49.6 Å². The summed E-state index contributed by atoms with van der Waals surface area (Å²) in [6.45, 7) is 17.8. The summed E-state index contributed by atoms with van der Waals surface area (Å²) in [6, 6.07) is 7.40. The maximum absolute atomic E-state index is 14.8. The lowest BCUT2D eigenvalue weighted by atomic mass is 9.70. The Morgan fingerprint density at radius 1 is 1.02 bits per heavy atom. The van der Waals surface area contributed by atoms with Gasteiger partial charge < -0.3 is 24.7 Å². The standard InChI is InChI=1S/C34H50N4O4S/c1-6-20-36(21-7-2)31(40)28-27-18-19-34(43-27)29(28)32(41)38(23-12-11-13-24-39)30(34)33(42)37(22-8-3)26-16-14-25(15-17-26)35(9-4)10-5/h6,8,14-17,27-30,39H,1,3,7,9-13,18-24H2,2,4-5H3/t27-,28+,29-,30?,34?/m0/s1. The van der Waals surface area contributed by atoms with Gasteiger partial charge in [-0.15, -0.1) is 24.9 Å². The Balaban J connectivity index is 1.71. The van der Waals surface area contributed by atoms with Crippen LogP contribution in [-0.4, -0.2) is 94.5 Å². The summed E-state index contributed by atoms with van der Waals surface area (Å²) in [7, 11) is 0. The third-order valence-electron chi connectivity index (χ3n) is 9.40. The number of amides is 3. The lowest BCUT2D eigenvalue weighted by molar-refractivity contribution is -0.143. The molecule has 1 aromatic carbocycles. The summed E-state index contributed by atoms with van der Waals surface area (Å²) in [5.41, 5.74) is 1.88. The number of anilines is 2. The molecule has 9 heteroatoms. The molecular formula is C34H50N4O4S. The number of carbonyl (C=O) groups excluding carboxylic acids is 3. The fourth-order valence-electron chi connectivity index (χ4n) is 7.48. The third kappa shape index (κ3) is 6.25. The van der Waals surface area contributed by atoms with Crippen LogP contribution < -0.4 is 9.80 Å². The Hall–Kier alpha value is -2.78. The van der Waals surface area contributed by atoms with Gasteiger partial charge in [-0.05, 0) is 76.6 Å². The average molecular weight is 611 g/mol. The van der Waals surface area contributed by atoms with E-state index in [0.29, 0.717) is 39.0 Å². The van der Waals surface area contributed by atoms with E-state index in [9.17, 15) is 19.5 Å². The Morgan fingerprint density at radius 2 is 1.70 bits per heavy atom. The van der Waals surface area contributed by atoms with Crippen LogP contribution in [0.3, 0.4) is 0 Å². The predicted octanol–water partition coefficient (Wildman–Crippen LogP) is 4.73. The highest BCUT2D eigenvalue weighted by atomic mass is 32.2. The number of rotatable bonds is 17. The SMILES string of the molecule is C=CCN(CCC)C(=O)[C@@H]1[C@@H]2CCC3(S2)C(C(=O)N(CC=C)c2ccc(N(CC)CC)cc2)N(CCCCCO)C(=O)[C@H]13. The second-order valence-corrected chi connectivity index (χ2v) is 13.5. The predicted molar refractivity (Wildman–Crippen MR) is 176 cm³/mol. The molecular weight excluding hydrogens is 560 g/mol. The van der Waals surface area contributed by atoms with Gasteiger partial charge in [-0.1, -0.05) is 19.1 Å². The van der Waals surface area contributed by atoms with Crippen molar-refractivity contribution < 1.29 is 19.5 Å². The Bertz CT molecular complexity index is 1160. The van der Waals surface area contributed by atoms with E-state index in [1.165, 1.54) is 0 Å². The van der Waals surface area contributed by atoms with Crippen molar-refractivity contribution in [3.8, 4) is 0 Å². The highest BCUT2D eigenvalue weighted by Crippen LogP contribution is 2.66. The Labute approximate surface area is 262 Å². The molecule has 0 saturated carbocycles. The minimum Gasteiger partial charge on any atom is -0.396 e. The minimum absolute atomic E-state index is 0.0162. The van der Waals surface area contributed by atoms with Crippen molar-refractivity contribution in [3.05, 3.63) is 49.6 Å². The van der Waals surface area contributed by atoms with Crippen molar-refractivity contribution in [2.24, 2.45) is 11.8 Å². The number of thioether (sulfide) groups is 1. The first-order valence-electron chi connectivity index (χ1n) is 16.1. The lowest BCUT2D eigenvalue weighted by Crippen LogP contribution is -2.55. The number of aliphatic hydroxyl groups excluding tert-OH is 1. The molecule has 0 aromatic heterocycles. The Morgan fingerprint density at radius 3 is 2.30 bits per heavy atom. The summed E-state index contributed by atoms with van der Waals surface area (Å²) < 4.78 is -0.636. The number of hydrogen-bond donors (Lipinski definition) is 1. The van der Waals surface area contributed by atoms with Crippen molar-refractivity contribution in [3.63, 3.8) is 0 Å². The number of likely N-dealkylation sites (tertiary alicyclic amines) is 1. The number of hydrogen-bond acceptors (Lipinski definition) is 6. The molecule has 1 spiro atoms. The maximum atomic E-state index is 14.8. The van der Waals surface area contributed by atoms with Gasteiger partial charge in [0.25, 0.3) is 5.91 Å². The van der Waals surface area contributed by atoms with E-state index in [1.54, 1.807) is 33.7 Å². The smallest absolute Gasteiger partial charge is 0.251 e. The summed E-state index contributed by atoms with van der Waals surface area (Å²) in [6.07, 6.45) is 7.99. The molecule has 2 unspecified atom stereocenters. The van der Waals surface area contributed by atoms with Gasteiger partial charge in [0.1, 0.15) is 6.04 Å². The number of fused-ring (bicyclic) bond motifs is 1. The average Bonchev–Trinajstić information content (AvgIpc) is 3.66. The van der Waals surface area contributed by atoms with Gasteiger partial charge in [0.2, 0.25) is 11.8 Å². The topological polar surface area (TPSA) is 84.4 Å². The van der Waals surface area contributed by atoms with Crippen LogP contribution in [0, 0.1) is 11.8 Å². The number of aliphatic hydroxyl groups is 1. The van der Waals surface area contributed by atoms with Crippen LogP contribution in [-0.2, 0) is 14.4 Å². The first-order chi connectivity index (χ1) is 20.8. The number of nitrogens with zero attached hydrogens (tertiary/aromatic N) is 4. The zero-order valence-electron chi connectivity index (χ0n) is 26.2. The molecule has 3 fully saturated rings. The Kier molecular flexibility index (Phi) is 11.4. The molecule has 3 heterocycles. The molecule has 43 heavy (non-hydrogen) atoms. The quantitative estimate of drug-likeness (QED) is 0.203. The van der Waals surface area contributed by atoms with E-state index in [4.69, 9.17) is 0 Å². The van der Waals surface area contributed by atoms with Gasteiger partial charge in [-0.2, -0.15) is 0 Å². The minimum atomic E-state index is -0.659. The second kappa shape index (κ2) is 14.8. The zero-order chi connectivity index (χ0) is 31.1. The van der Waals surface area contributed by atoms with Crippen LogP contribution in [0.4, 0.5) is 11.4 Å². The van der Waals surface area contributed by atoms with Gasteiger partial charge in [-0.25, -0.2) is 0 Å². The molecule has 8 nitrogen and oxygen atoms in total. The monoisotopic (exact) mass is 610 g/mol. The van der Waals surface area contributed by atoms with Gasteiger partial charge in [0.15, 0.2) is 0 Å². The van der Waals surface area contributed by atoms with Gasteiger partial charge in [0, 0.05) is 62.5 Å². The summed E-state index contributed by atoms with van der Waals surface area (Å²) >= 11 is 1.71. The van der Waals surface area contributed by atoms with Crippen molar-refractivity contribution >= 4 is 40.9 Å². The van der Waals surface area contributed by atoms with E-state index in [2.05, 4.69) is 31.9 Å². The molecule has 0 radical (unpaired) electrons. The van der Waals surface area contributed by atoms with E-state index < -0.39 is 22.6 Å². The first-order valence-corrected chi connectivity index (χ1v) is 17.0. The fourth-order valence-corrected chi connectivity index (χ4v) is 9.69. The summed E-state index contributed by atoms with van der Waals surface area (Å²) in [5, 5.41) is 9.37. The highest BCUT2D eigenvalue weighted by molar-refractivity contribution is 8.02. The van der Waals surface area contributed by atoms with Crippen LogP contribution in [0.5, 0.6) is 0 Å². The molecule has 3 aliphatic heterocycles. The normalized spacial score (nSPS) is 25.5. The molecule has 3 saturated heterocycles. The van der Waals surface area contributed by atoms with Crippen LogP contribution in [0.1, 0.15) is 59.3 Å². The van der Waals surface area contributed by atoms with Crippen LogP contribution in [0.25, 0.3) is 0 Å². The molecule has 4 rings (SSSR count).